The highest BCUT2D eigenvalue weighted by Gasteiger charge is 2.38. The Bertz CT molecular complexity index is 1990. The minimum absolute atomic E-state index is 0.101. The quantitative estimate of drug-likeness (QED) is 0.0209. The van der Waals surface area contributed by atoms with Gasteiger partial charge in [0, 0.05) is 92.4 Å². The fraction of sp³-hybridized carbons (Fsp3) is 0.667. The lowest BCUT2D eigenvalue weighted by Gasteiger charge is -2.34. The lowest BCUT2D eigenvalue weighted by Crippen LogP contribution is -2.19. The van der Waals surface area contributed by atoms with Crippen molar-refractivity contribution < 1.29 is 40.9 Å². The van der Waals surface area contributed by atoms with E-state index in [1.165, 1.54) is 127 Å². The number of rotatable bonds is 36. The van der Waals surface area contributed by atoms with E-state index in [4.69, 9.17) is 0 Å². The Morgan fingerprint density at radius 2 is 0.362 bits per heavy atom. The number of unbranched alkanes of at least 4 members (excludes halogenated alkanes) is 24. The molecule has 0 radical (unpaired) electrons. The van der Waals surface area contributed by atoms with Gasteiger partial charge >= 0.3 is 0 Å². The molecule has 448 valence electrons. The maximum absolute atomic E-state index is 12.3. The molecule has 0 heterocycles. The van der Waals surface area contributed by atoms with Crippen LogP contribution in [0, 0.1) is 23.7 Å². The van der Waals surface area contributed by atoms with Gasteiger partial charge in [-0.15, -0.1) is 0 Å². The first-order valence-electron chi connectivity index (χ1n) is 32.8. The van der Waals surface area contributed by atoms with E-state index in [9.17, 15) is 40.9 Å². The number of phenols is 8. The highest BCUT2D eigenvalue weighted by atomic mass is 16.3. The zero-order chi connectivity index (χ0) is 58.1. The number of hydrogen-bond acceptors (Lipinski definition) is 8. The Morgan fingerprint density at radius 1 is 0.225 bits per heavy atom. The van der Waals surface area contributed by atoms with Gasteiger partial charge < -0.3 is 40.9 Å². The number of hydrogen-bond donors (Lipinski definition) is 8. The van der Waals surface area contributed by atoms with Crippen LogP contribution in [0.4, 0.5) is 0 Å². The maximum atomic E-state index is 12.3. The molecule has 0 aromatic heterocycles. The van der Waals surface area contributed by atoms with Gasteiger partial charge in [-0.05, 0) is 73.6 Å². The Hall–Kier alpha value is -4.72. The third-order valence-electron chi connectivity index (χ3n) is 18.7. The van der Waals surface area contributed by atoms with Crippen molar-refractivity contribution in [2.45, 2.75) is 285 Å². The second kappa shape index (κ2) is 34.7. The van der Waals surface area contributed by atoms with Gasteiger partial charge in [-0.2, -0.15) is 0 Å². The first kappa shape index (κ1) is 66.1. The van der Waals surface area contributed by atoms with Crippen LogP contribution < -0.4 is 0 Å². The molecule has 5 rings (SSSR count). The van der Waals surface area contributed by atoms with Crippen LogP contribution in [0.3, 0.4) is 0 Å². The van der Waals surface area contributed by atoms with E-state index in [-0.39, 0.29) is 69.7 Å². The number of phenolic OH excluding ortho intramolecular Hbond substituents is 8. The van der Waals surface area contributed by atoms with E-state index < -0.39 is 23.7 Å². The molecule has 4 aromatic carbocycles. The van der Waals surface area contributed by atoms with Crippen molar-refractivity contribution in [3.05, 3.63) is 93.0 Å². The molecule has 0 saturated heterocycles. The van der Waals surface area contributed by atoms with Crippen molar-refractivity contribution in [2.24, 2.45) is 23.7 Å². The van der Waals surface area contributed by atoms with Crippen LogP contribution >= 0.6 is 0 Å². The smallest absolute Gasteiger partial charge is 0.123 e. The maximum Gasteiger partial charge on any atom is 0.123 e. The Labute approximate surface area is 485 Å². The largest absolute Gasteiger partial charge is 0.508 e. The van der Waals surface area contributed by atoms with Gasteiger partial charge in [0.05, 0.1) is 0 Å². The van der Waals surface area contributed by atoms with Crippen LogP contribution in [-0.4, -0.2) is 40.9 Å². The summed E-state index contributed by atoms with van der Waals surface area (Å²) in [5.74, 6) is -3.66. The summed E-state index contributed by atoms with van der Waals surface area (Å²) >= 11 is 0. The van der Waals surface area contributed by atoms with Crippen molar-refractivity contribution in [1.82, 2.24) is 0 Å². The molecule has 0 saturated carbocycles. The minimum atomic E-state index is -0.593. The lowest BCUT2D eigenvalue weighted by molar-refractivity contribution is 0.377. The number of benzene rings is 4. The summed E-state index contributed by atoms with van der Waals surface area (Å²) in [4.78, 5) is 0. The van der Waals surface area contributed by atoms with E-state index in [2.05, 4.69) is 55.4 Å². The van der Waals surface area contributed by atoms with Gasteiger partial charge in [-0.3, -0.25) is 0 Å². The fourth-order valence-electron chi connectivity index (χ4n) is 13.9. The average Bonchev–Trinajstić information content (AvgIpc) is 3.42. The molecule has 8 nitrogen and oxygen atoms in total. The predicted octanol–water partition coefficient (Wildman–Crippen LogP) is 21.3. The zero-order valence-corrected chi connectivity index (χ0v) is 51.4. The van der Waals surface area contributed by atoms with E-state index in [1.807, 2.05) is 24.3 Å². The lowest BCUT2D eigenvalue weighted by atomic mass is 9.71. The Balaban J connectivity index is 1.82. The standard InChI is InChI=1S/C72H112O8/c1-9-13-17-21-25-29-33-37-49(5)69-53-41-55(63(75)45-61(53)73)70(50(6)38-34-30-26-22-18-14-10-2)57-43-59(67(79)47-65(57)77)72(52(8)40-36-32-28-24-20-16-12-4)60-44-58(66(78)48-68(60)80)71(56-42-54(69)62(74)46-64(56)76)51(7)39-35-31-27-23-19-15-11-3/h41-52,69-80H,9-40H2,1-8H3/t49-,50?,51?,52?,69?,70+,71?,72+/m1/s1. The van der Waals surface area contributed by atoms with Crippen molar-refractivity contribution in [2.75, 3.05) is 0 Å². The van der Waals surface area contributed by atoms with E-state index >= 15 is 0 Å². The molecule has 8 heteroatoms. The van der Waals surface area contributed by atoms with E-state index in [0.717, 1.165) is 103 Å². The molecule has 0 aliphatic heterocycles. The van der Waals surface area contributed by atoms with Crippen molar-refractivity contribution in [3.63, 3.8) is 0 Å². The Kier molecular flexibility index (Phi) is 28.6. The second-order valence-electron chi connectivity index (χ2n) is 25.3. The first-order chi connectivity index (χ1) is 38.6. The van der Waals surface area contributed by atoms with Crippen LogP contribution in [0.25, 0.3) is 0 Å². The molecule has 0 amide bonds. The average molecular weight is 1110 g/mol. The van der Waals surface area contributed by atoms with Crippen LogP contribution in [0.2, 0.25) is 0 Å². The second-order valence-corrected chi connectivity index (χ2v) is 25.3. The molecule has 1 aliphatic rings. The summed E-state index contributed by atoms with van der Waals surface area (Å²) in [7, 11) is 0. The molecular weight excluding hydrogens is 993 g/mol. The molecule has 80 heavy (non-hydrogen) atoms. The molecular formula is C72H112O8. The third kappa shape index (κ3) is 18.6. The van der Waals surface area contributed by atoms with Gasteiger partial charge in [0.1, 0.15) is 46.0 Å². The SMILES string of the molecule is CCCCCCCCCC(C)C1c2cc(c(O)cc2O)C([C@H](C)CCCCCCCCC)c2cc(c(O)cc2O)[C@H](C(C)CCCCCCCCC)c2cc(c(O)cc2O)[C@H](C(C)CCCCCCCCC)c2cc1c(O)cc2O. The molecule has 0 fully saturated rings. The molecule has 5 unspecified atom stereocenters. The van der Waals surface area contributed by atoms with Crippen molar-refractivity contribution in [1.29, 1.82) is 0 Å². The van der Waals surface area contributed by atoms with Gasteiger partial charge in [0.2, 0.25) is 0 Å². The third-order valence-corrected chi connectivity index (χ3v) is 18.7. The summed E-state index contributed by atoms with van der Waals surface area (Å²) in [6.07, 6.45) is 35.0. The van der Waals surface area contributed by atoms with Gasteiger partial charge in [-0.25, -0.2) is 0 Å². The highest BCUT2D eigenvalue weighted by Crippen LogP contribution is 2.55. The minimum Gasteiger partial charge on any atom is -0.508 e. The van der Waals surface area contributed by atoms with Crippen molar-refractivity contribution in [3.8, 4) is 46.0 Å². The monoisotopic (exact) mass is 1100 g/mol. The summed E-state index contributed by atoms with van der Waals surface area (Å²) in [5, 5.41) is 98.7. The fourth-order valence-corrected chi connectivity index (χ4v) is 13.9. The number of aromatic hydroxyl groups is 8. The molecule has 4 aromatic rings. The van der Waals surface area contributed by atoms with Crippen LogP contribution in [-0.2, 0) is 0 Å². The van der Waals surface area contributed by atoms with E-state index in [0.29, 0.717) is 44.5 Å². The predicted molar refractivity (Wildman–Crippen MR) is 334 cm³/mol. The molecule has 8 bridgehead atoms. The normalized spacial score (nSPS) is 17.8. The van der Waals surface area contributed by atoms with Crippen LogP contribution in [0.5, 0.6) is 46.0 Å². The van der Waals surface area contributed by atoms with Gasteiger partial charge in [0.25, 0.3) is 0 Å². The molecule has 8 atom stereocenters. The molecule has 8 N–H and O–H groups in total. The van der Waals surface area contributed by atoms with E-state index in [1.54, 1.807) is 0 Å². The topological polar surface area (TPSA) is 162 Å². The summed E-state index contributed by atoms with van der Waals surface area (Å²) in [6, 6.07) is 13.4. The van der Waals surface area contributed by atoms with Crippen LogP contribution in [0.1, 0.15) is 329 Å². The first-order valence-corrected chi connectivity index (χ1v) is 32.8. The van der Waals surface area contributed by atoms with Crippen molar-refractivity contribution >= 4 is 0 Å². The summed E-state index contributed by atoms with van der Waals surface area (Å²) in [5.41, 5.74) is 4.35. The number of fused-ring (bicyclic) bond motifs is 8. The highest BCUT2D eigenvalue weighted by molar-refractivity contribution is 5.62. The molecule has 0 spiro atoms. The van der Waals surface area contributed by atoms with Gasteiger partial charge in [0.15, 0.2) is 0 Å². The van der Waals surface area contributed by atoms with Crippen LogP contribution in [0.15, 0.2) is 48.5 Å². The van der Waals surface area contributed by atoms with Gasteiger partial charge in [-0.1, -0.05) is 235 Å². The Morgan fingerprint density at radius 3 is 0.512 bits per heavy atom. The summed E-state index contributed by atoms with van der Waals surface area (Å²) in [6.45, 7) is 17.6. The zero-order valence-electron chi connectivity index (χ0n) is 51.4. The summed E-state index contributed by atoms with van der Waals surface area (Å²) < 4.78 is 0. The molecule has 1 aliphatic carbocycles.